The Morgan fingerprint density at radius 1 is 0.885 bits per heavy atom. The number of nitrogens with zero attached hydrogens (tertiary/aromatic N) is 1. The Hall–Kier alpha value is -2.61. The molecule has 0 aliphatic rings. The minimum absolute atomic E-state index is 0.222. The van der Waals surface area contributed by atoms with Gasteiger partial charge < -0.3 is 0 Å². The van der Waals surface area contributed by atoms with E-state index in [9.17, 15) is 4.39 Å². The summed E-state index contributed by atoms with van der Waals surface area (Å²) in [5, 5.41) is 2.34. The fraction of sp³-hybridized carbons (Fsp3) is 0.174. The van der Waals surface area contributed by atoms with Crippen LogP contribution in [-0.4, -0.2) is 5.16 Å². The van der Waals surface area contributed by atoms with Crippen LogP contribution in [0.15, 0.2) is 71.7 Å². The summed E-state index contributed by atoms with van der Waals surface area (Å²) in [6.07, 6.45) is 1.03. The van der Waals surface area contributed by atoms with Crippen LogP contribution >= 0.6 is 12.2 Å². The molecule has 0 bridgehead atoms. The van der Waals surface area contributed by atoms with Crippen LogP contribution < -0.4 is 0 Å². The van der Waals surface area contributed by atoms with E-state index in [1.807, 2.05) is 48.5 Å². The van der Waals surface area contributed by atoms with Crippen LogP contribution in [0.2, 0.25) is 0 Å². The number of hydrogen-bond donors (Lipinski definition) is 0. The highest BCUT2D eigenvalue weighted by molar-refractivity contribution is 7.78. The maximum atomic E-state index is 14.7. The first-order valence-electron chi connectivity index (χ1n) is 8.64. The first-order chi connectivity index (χ1) is 12.6. The molecule has 0 amide bonds. The minimum Gasteiger partial charge on any atom is -0.206 e. The molecule has 0 unspecified atom stereocenters. The van der Waals surface area contributed by atoms with Crippen LogP contribution in [0.5, 0.6) is 0 Å². The monoisotopic (exact) mass is 361 g/mol. The molecule has 0 radical (unpaired) electrons. The van der Waals surface area contributed by atoms with Crippen LogP contribution in [0.1, 0.15) is 19.4 Å². The third-order valence-electron chi connectivity index (χ3n) is 4.25. The zero-order valence-electron chi connectivity index (χ0n) is 14.9. The minimum atomic E-state index is -0.222. The summed E-state index contributed by atoms with van der Waals surface area (Å²) in [7, 11) is 0. The van der Waals surface area contributed by atoms with Gasteiger partial charge in [-0.05, 0) is 65.0 Å². The van der Waals surface area contributed by atoms with E-state index in [4.69, 9.17) is 0 Å². The zero-order chi connectivity index (χ0) is 18.5. The van der Waals surface area contributed by atoms with Gasteiger partial charge in [-0.15, -0.1) is 0 Å². The quantitative estimate of drug-likeness (QED) is 0.349. The molecule has 3 aromatic carbocycles. The second-order valence-corrected chi connectivity index (χ2v) is 6.92. The van der Waals surface area contributed by atoms with E-state index in [0.29, 0.717) is 11.5 Å². The lowest BCUT2D eigenvalue weighted by Gasteiger charge is -2.09. The van der Waals surface area contributed by atoms with E-state index < -0.39 is 0 Å². The molecule has 0 aromatic heterocycles. The molecule has 0 saturated carbocycles. The van der Waals surface area contributed by atoms with Crippen molar-refractivity contribution in [3.63, 3.8) is 0 Å². The summed E-state index contributed by atoms with van der Waals surface area (Å²) in [5.41, 5.74) is 5.30. The van der Waals surface area contributed by atoms with Crippen molar-refractivity contribution < 1.29 is 4.39 Å². The molecule has 0 saturated heterocycles. The molecule has 3 aromatic rings. The molecule has 0 heterocycles. The molecule has 1 nitrogen and oxygen atoms in total. The van der Waals surface area contributed by atoms with Crippen molar-refractivity contribution in [2.45, 2.75) is 20.3 Å². The average molecular weight is 361 g/mol. The number of hydrogen-bond acceptors (Lipinski definition) is 2. The third kappa shape index (κ3) is 4.32. The standard InChI is InChI=1S/C23H20FNS/c1-16(2)13-17-3-5-19(6-4-17)22-12-9-20(14-23(22)24)18-7-10-21(11-8-18)25-15-26/h3-12,14,16H,13H2,1-2H3. The summed E-state index contributed by atoms with van der Waals surface area (Å²) in [6.45, 7) is 4.39. The van der Waals surface area contributed by atoms with Gasteiger partial charge >= 0.3 is 0 Å². The van der Waals surface area contributed by atoms with Crippen LogP contribution in [0.4, 0.5) is 10.1 Å². The van der Waals surface area contributed by atoms with Crippen molar-refractivity contribution in [1.82, 2.24) is 0 Å². The van der Waals surface area contributed by atoms with Crippen LogP contribution in [0.25, 0.3) is 22.3 Å². The largest absolute Gasteiger partial charge is 0.206 e. The fourth-order valence-electron chi connectivity index (χ4n) is 3.00. The molecule has 0 fully saturated rings. The second kappa shape index (κ2) is 8.18. The molecular weight excluding hydrogens is 341 g/mol. The highest BCUT2D eigenvalue weighted by Gasteiger charge is 2.08. The van der Waals surface area contributed by atoms with Gasteiger partial charge in [0, 0.05) is 5.56 Å². The number of isothiocyanates is 1. The molecule has 0 aliphatic carbocycles. The van der Waals surface area contributed by atoms with E-state index in [1.54, 1.807) is 6.07 Å². The van der Waals surface area contributed by atoms with Crippen LogP contribution in [0.3, 0.4) is 0 Å². The van der Waals surface area contributed by atoms with Gasteiger partial charge in [0.1, 0.15) is 5.82 Å². The Bertz CT molecular complexity index is 937. The van der Waals surface area contributed by atoms with Gasteiger partial charge in [0.05, 0.1) is 10.8 Å². The van der Waals surface area contributed by atoms with Crippen molar-refractivity contribution >= 4 is 23.1 Å². The normalized spacial score (nSPS) is 10.6. The Kier molecular flexibility index (Phi) is 5.72. The van der Waals surface area contributed by atoms with Crippen molar-refractivity contribution in [3.05, 3.63) is 78.1 Å². The van der Waals surface area contributed by atoms with Crippen LogP contribution in [-0.2, 0) is 6.42 Å². The van der Waals surface area contributed by atoms with E-state index >= 15 is 0 Å². The van der Waals surface area contributed by atoms with E-state index in [2.05, 4.69) is 48.4 Å². The maximum Gasteiger partial charge on any atom is 0.131 e. The van der Waals surface area contributed by atoms with Gasteiger partial charge in [0.25, 0.3) is 0 Å². The average Bonchev–Trinajstić information content (AvgIpc) is 2.63. The lowest BCUT2D eigenvalue weighted by atomic mass is 9.97. The summed E-state index contributed by atoms with van der Waals surface area (Å²) < 4.78 is 14.7. The number of rotatable bonds is 5. The van der Waals surface area contributed by atoms with Gasteiger partial charge in [-0.2, -0.15) is 4.99 Å². The third-order valence-corrected chi connectivity index (χ3v) is 4.34. The predicted molar refractivity (Wildman–Crippen MR) is 111 cm³/mol. The summed E-state index contributed by atoms with van der Waals surface area (Å²) in [4.78, 5) is 3.93. The van der Waals surface area contributed by atoms with Gasteiger partial charge in [-0.3, -0.25) is 0 Å². The van der Waals surface area contributed by atoms with Crippen molar-refractivity contribution in [3.8, 4) is 22.3 Å². The molecule has 3 heteroatoms. The highest BCUT2D eigenvalue weighted by Crippen LogP contribution is 2.29. The Morgan fingerprint density at radius 3 is 2.08 bits per heavy atom. The number of halogens is 1. The van der Waals surface area contributed by atoms with Gasteiger partial charge in [-0.25, -0.2) is 4.39 Å². The van der Waals surface area contributed by atoms with E-state index in [1.165, 1.54) is 5.56 Å². The number of thiocarbonyl (C=S) groups is 1. The van der Waals surface area contributed by atoms with Crippen LogP contribution in [0, 0.1) is 11.7 Å². The molecule has 130 valence electrons. The van der Waals surface area contributed by atoms with Gasteiger partial charge in [-0.1, -0.05) is 62.4 Å². The van der Waals surface area contributed by atoms with E-state index in [0.717, 1.165) is 28.8 Å². The first kappa shape index (κ1) is 18.2. The molecule has 0 aliphatic heterocycles. The fourth-order valence-corrected chi connectivity index (χ4v) is 3.11. The lowest BCUT2D eigenvalue weighted by Crippen LogP contribution is -1.94. The molecule has 0 atom stereocenters. The second-order valence-electron chi connectivity index (χ2n) is 6.74. The maximum absolute atomic E-state index is 14.7. The molecule has 3 rings (SSSR count). The SMILES string of the molecule is CC(C)Cc1ccc(-c2ccc(-c3ccc(N=C=S)cc3)cc2F)cc1. The summed E-state index contributed by atoms with van der Waals surface area (Å²) in [5.74, 6) is 0.387. The Balaban J connectivity index is 1.86. The highest BCUT2D eigenvalue weighted by atomic mass is 32.1. The topological polar surface area (TPSA) is 12.4 Å². The summed E-state index contributed by atoms with van der Waals surface area (Å²) in [6, 6.07) is 21.0. The van der Waals surface area contributed by atoms with Crippen molar-refractivity contribution in [2.75, 3.05) is 0 Å². The predicted octanol–water partition coefficient (Wildman–Crippen LogP) is 7.09. The zero-order valence-corrected chi connectivity index (χ0v) is 15.7. The Morgan fingerprint density at radius 2 is 1.50 bits per heavy atom. The van der Waals surface area contributed by atoms with Gasteiger partial charge in [0.15, 0.2) is 0 Å². The molecular formula is C23H20FNS. The van der Waals surface area contributed by atoms with Gasteiger partial charge in [0.2, 0.25) is 0 Å². The summed E-state index contributed by atoms with van der Waals surface area (Å²) >= 11 is 4.60. The van der Waals surface area contributed by atoms with Crippen molar-refractivity contribution in [2.24, 2.45) is 10.9 Å². The van der Waals surface area contributed by atoms with E-state index in [-0.39, 0.29) is 5.82 Å². The first-order valence-corrected chi connectivity index (χ1v) is 9.05. The lowest BCUT2D eigenvalue weighted by molar-refractivity contribution is 0.631. The Labute approximate surface area is 159 Å². The smallest absolute Gasteiger partial charge is 0.131 e. The molecule has 26 heavy (non-hydrogen) atoms. The van der Waals surface area contributed by atoms with Crippen molar-refractivity contribution in [1.29, 1.82) is 0 Å². The molecule has 0 spiro atoms. The number of benzene rings is 3. The number of aliphatic imine (C=N–C) groups is 1. The molecule has 0 N–H and O–H groups in total.